The van der Waals surface area contributed by atoms with Crippen LogP contribution in [0.1, 0.15) is 12.5 Å². The van der Waals surface area contributed by atoms with Crippen molar-refractivity contribution >= 4 is 46.6 Å². The number of anilines is 1. The average molecular weight is 394 g/mol. The van der Waals surface area contributed by atoms with E-state index in [0.717, 1.165) is 17.8 Å². The van der Waals surface area contributed by atoms with E-state index in [2.05, 4.69) is 5.32 Å². The third-order valence-electron chi connectivity index (χ3n) is 3.02. The molecule has 8 heteroatoms. The summed E-state index contributed by atoms with van der Waals surface area (Å²) in [5, 5.41) is 2.16. The van der Waals surface area contributed by atoms with Crippen molar-refractivity contribution in [3.63, 3.8) is 0 Å². The minimum Gasteiger partial charge on any atom is -0.325 e. The molecule has 0 saturated carbocycles. The van der Waals surface area contributed by atoms with Crippen LogP contribution in [0.2, 0.25) is 10.0 Å². The molecule has 0 unspecified atom stereocenters. The Labute approximate surface area is 151 Å². The summed E-state index contributed by atoms with van der Waals surface area (Å²) in [7, 11) is 0. The summed E-state index contributed by atoms with van der Waals surface area (Å²) in [4.78, 5) is 12.5. The minimum atomic E-state index is -4.54. The van der Waals surface area contributed by atoms with Crippen LogP contribution in [-0.2, 0) is 11.0 Å². The minimum absolute atomic E-state index is 0.306. The van der Waals surface area contributed by atoms with Gasteiger partial charge in [0, 0.05) is 15.6 Å². The van der Waals surface area contributed by atoms with E-state index < -0.39 is 17.0 Å². The molecule has 2 rings (SSSR count). The van der Waals surface area contributed by atoms with Gasteiger partial charge < -0.3 is 5.32 Å². The molecule has 0 saturated heterocycles. The monoisotopic (exact) mass is 393 g/mol. The SMILES string of the molecule is C[C@@H](Sc1ccc(Cl)c(C(F)(F)F)c1)C(=O)Nc1cccc(Cl)c1. The Hall–Kier alpha value is -1.37. The molecular weight excluding hydrogens is 382 g/mol. The number of hydrogen-bond donors (Lipinski definition) is 1. The Morgan fingerprint density at radius 2 is 1.88 bits per heavy atom. The Bertz CT molecular complexity index is 752. The predicted molar refractivity (Wildman–Crippen MR) is 91.9 cm³/mol. The molecule has 0 spiro atoms. The topological polar surface area (TPSA) is 29.1 Å². The number of rotatable bonds is 4. The summed E-state index contributed by atoms with van der Waals surface area (Å²) < 4.78 is 38.6. The van der Waals surface area contributed by atoms with E-state index in [9.17, 15) is 18.0 Å². The van der Waals surface area contributed by atoms with Crippen molar-refractivity contribution < 1.29 is 18.0 Å². The molecule has 1 N–H and O–H groups in total. The van der Waals surface area contributed by atoms with Crippen molar-refractivity contribution in [1.29, 1.82) is 0 Å². The quantitative estimate of drug-likeness (QED) is 0.632. The second-order valence-corrected chi connectivity index (χ2v) is 7.16. The first-order chi connectivity index (χ1) is 11.2. The smallest absolute Gasteiger partial charge is 0.325 e. The molecule has 0 aliphatic rings. The molecule has 0 aliphatic heterocycles. The number of amides is 1. The number of carbonyl (C=O) groups excluding carboxylic acids is 1. The lowest BCUT2D eigenvalue weighted by atomic mass is 10.2. The summed E-state index contributed by atoms with van der Waals surface area (Å²) in [6, 6.07) is 10.2. The molecule has 2 aromatic carbocycles. The van der Waals surface area contributed by atoms with Gasteiger partial charge in [-0.15, -0.1) is 11.8 Å². The summed E-state index contributed by atoms with van der Waals surface area (Å²) in [6.07, 6.45) is -4.54. The van der Waals surface area contributed by atoms with Gasteiger partial charge in [-0.1, -0.05) is 29.3 Å². The van der Waals surface area contributed by atoms with Crippen LogP contribution in [0, 0.1) is 0 Å². The van der Waals surface area contributed by atoms with Crippen molar-refractivity contribution in [1.82, 2.24) is 0 Å². The van der Waals surface area contributed by atoms with Crippen LogP contribution >= 0.6 is 35.0 Å². The van der Waals surface area contributed by atoms with E-state index in [-0.39, 0.29) is 10.9 Å². The van der Waals surface area contributed by atoms with Gasteiger partial charge in [-0.25, -0.2) is 0 Å². The number of nitrogens with one attached hydrogen (secondary N) is 1. The number of carbonyl (C=O) groups is 1. The van der Waals surface area contributed by atoms with Crippen LogP contribution in [0.3, 0.4) is 0 Å². The highest BCUT2D eigenvalue weighted by Crippen LogP contribution is 2.37. The standard InChI is InChI=1S/C16H12Cl2F3NOS/c1-9(15(23)22-11-4-2-3-10(17)7-11)24-12-5-6-14(18)13(8-12)16(19,20)21/h2-9H,1H3,(H,22,23)/t9-/m1/s1. The van der Waals surface area contributed by atoms with Gasteiger partial charge in [0.25, 0.3) is 0 Å². The van der Waals surface area contributed by atoms with Crippen molar-refractivity contribution in [2.24, 2.45) is 0 Å². The molecule has 24 heavy (non-hydrogen) atoms. The highest BCUT2D eigenvalue weighted by atomic mass is 35.5. The van der Waals surface area contributed by atoms with E-state index in [0.29, 0.717) is 15.6 Å². The molecule has 2 nitrogen and oxygen atoms in total. The number of halogens is 5. The van der Waals surface area contributed by atoms with Crippen molar-refractivity contribution in [2.45, 2.75) is 23.2 Å². The van der Waals surface area contributed by atoms with Crippen LogP contribution in [0.4, 0.5) is 18.9 Å². The van der Waals surface area contributed by atoms with Gasteiger partial charge in [-0.2, -0.15) is 13.2 Å². The molecule has 0 heterocycles. The number of hydrogen-bond acceptors (Lipinski definition) is 2. The van der Waals surface area contributed by atoms with Gasteiger partial charge in [0.2, 0.25) is 5.91 Å². The second kappa shape index (κ2) is 7.68. The van der Waals surface area contributed by atoms with Crippen LogP contribution in [0.5, 0.6) is 0 Å². The van der Waals surface area contributed by atoms with Crippen LogP contribution in [-0.4, -0.2) is 11.2 Å². The molecule has 0 radical (unpaired) electrons. The third kappa shape index (κ3) is 5.06. The second-order valence-electron chi connectivity index (χ2n) is 4.90. The van der Waals surface area contributed by atoms with Crippen molar-refractivity contribution in [2.75, 3.05) is 5.32 Å². The van der Waals surface area contributed by atoms with Gasteiger partial charge >= 0.3 is 6.18 Å². The van der Waals surface area contributed by atoms with E-state index in [4.69, 9.17) is 23.2 Å². The van der Waals surface area contributed by atoms with Gasteiger partial charge in [0.1, 0.15) is 0 Å². The Kier molecular flexibility index (Phi) is 6.06. The molecule has 2 aromatic rings. The van der Waals surface area contributed by atoms with Crippen LogP contribution in [0.15, 0.2) is 47.4 Å². The number of thioether (sulfide) groups is 1. The maximum Gasteiger partial charge on any atom is 0.417 e. The highest BCUT2D eigenvalue weighted by Gasteiger charge is 2.33. The molecule has 0 fully saturated rings. The Morgan fingerprint density at radius 3 is 2.50 bits per heavy atom. The predicted octanol–water partition coefficient (Wildman–Crippen LogP) is 6.13. The maximum absolute atomic E-state index is 12.9. The zero-order chi connectivity index (χ0) is 17.9. The molecule has 0 bridgehead atoms. The van der Waals surface area contributed by atoms with Gasteiger partial charge in [0.05, 0.1) is 15.8 Å². The molecule has 1 atom stereocenters. The average Bonchev–Trinajstić information content (AvgIpc) is 2.48. The lowest BCUT2D eigenvalue weighted by Gasteiger charge is -2.14. The van der Waals surface area contributed by atoms with Crippen LogP contribution in [0.25, 0.3) is 0 Å². The first-order valence-electron chi connectivity index (χ1n) is 6.76. The summed E-state index contributed by atoms with van der Waals surface area (Å²) in [5.41, 5.74) is -0.399. The van der Waals surface area contributed by atoms with E-state index in [1.807, 2.05) is 0 Å². The Morgan fingerprint density at radius 1 is 1.17 bits per heavy atom. The lowest BCUT2D eigenvalue weighted by molar-refractivity contribution is -0.137. The highest BCUT2D eigenvalue weighted by molar-refractivity contribution is 8.00. The summed E-state index contributed by atoms with van der Waals surface area (Å²) in [6.45, 7) is 1.60. The number of benzene rings is 2. The fourth-order valence-electron chi connectivity index (χ4n) is 1.86. The third-order valence-corrected chi connectivity index (χ3v) is 4.68. The van der Waals surface area contributed by atoms with Crippen LogP contribution < -0.4 is 5.32 Å². The van der Waals surface area contributed by atoms with Crippen molar-refractivity contribution in [3.05, 3.63) is 58.1 Å². The van der Waals surface area contributed by atoms with Gasteiger partial charge in [-0.05, 0) is 43.3 Å². The van der Waals surface area contributed by atoms with Crippen molar-refractivity contribution in [3.8, 4) is 0 Å². The fourth-order valence-corrected chi connectivity index (χ4v) is 3.18. The molecule has 0 aliphatic carbocycles. The zero-order valence-corrected chi connectivity index (χ0v) is 14.7. The maximum atomic E-state index is 12.9. The Balaban J connectivity index is 2.09. The molecule has 128 valence electrons. The molecule has 0 aromatic heterocycles. The summed E-state index contributed by atoms with van der Waals surface area (Å²) in [5.74, 6) is -0.342. The summed E-state index contributed by atoms with van der Waals surface area (Å²) >= 11 is 12.4. The lowest BCUT2D eigenvalue weighted by Crippen LogP contribution is -2.22. The normalized spacial score (nSPS) is 12.8. The van der Waals surface area contributed by atoms with E-state index in [1.54, 1.807) is 31.2 Å². The van der Waals surface area contributed by atoms with E-state index >= 15 is 0 Å². The molecular formula is C16H12Cl2F3NOS. The number of alkyl halides is 3. The molecule has 1 amide bonds. The van der Waals surface area contributed by atoms with Gasteiger partial charge in [0.15, 0.2) is 0 Å². The fraction of sp³-hybridized carbons (Fsp3) is 0.188. The van der Waals surface area contributed by atoms with Gasteiger partial charge in [-0.3, -0.25) is 4.79 Å². The first-order valence-corrected chi connectivity index (χ1v) is 8.40. The largest absolute Gasteiger partial charge is 0.417 e. The first kappa shape index (κ1) is 19.0. The van der Waals surface area contributed by atoms with E-state index in [1.165, 1.54) is 12.1 Å². The zero-order valence-electron chi connectivity index (χ0n) is 12.3.